The highest BCUT2D eigenvalue weighted by molar-refractivity contribution is 7.89. The molecule has 2 aliphatic rings. The fourth-order valence-electron chi connectivity index (χ4n) is 2.85. The standard InChI is InChI=1S/C14H24N4O2S/c1-2-17-10-14(16-11-17)21(19,20)18-8-4-3-5-13(18)9-15-12-6-7-12/h10-13,15H,2-9H2,1H3. The molecule has 1 atom stereocenters. The van der Waals surface area contributed by atoms with E-state index in [0.29, 0.717) is 12.6 Å². The van der Waals surface area contributed by atoms with Crippen LogP contribution in [0.15, 0.2) is 17.6 Å². The molecule has 1 aliphatic carbocycles. The summed E-state index contributed by atoms with van der Waals surface area (Å²) in [6.45, 7) is 4.08. The molecule has 1 aromatic rings. The Kier molecular flexibility index (Phi) is 4.33. The van der Waals surface area contributed by atoms with Crippen LogP contribution in [-0.2, 0) is 16.6 Å². The Hall–Kier alpha value is -0.920. The van der Waals surface area contributed by atoms with Crippen molar-refractivity contribution >= 4 is 10.0 Å². The quantitative estimate of drug-likeness (QED) is 0.857. The van der Waals surface area contributed by atoms with Crippen molar-refractivity contribution in [3.05, 3.63) is 12.5 Å². The molecule has 1 saturated heterocycles. The van der Waals surface area contributed by atoms with Gasteiger partial charge in [-0.15, -0.1) is 0 Å². The summed E-state index contributed by atoms with van der Waals surface area (Å²) in [6.07, 6.45) is 8.65. The molecule has 6 nitrogen and oxygen atoms in total. The summed E-state index contributed by atoms with van der Waals surface area (Å²) in [7, 11) is -3.47. The highest BCUT2D eigenvalue weighted by Crippen LogP contribution is 2.25. The molecule has 0 aromatic carbocycles. The predicted molar refractivity (Wildman–Crippen MR) is 80.5 cm³/mol. The molecule has 0 bridgehead atoms. The molecular formula is C14H24N4O2S. The maximum atomic E-state index is 12.8. The first kappa shape index (κ1) is 15.0. The maximum absolute atomic E-state index is 12.8. The van der Waals surface area contributed by atoms with Gasteiger partial charge in [0.25, 0.3) is 10.0 Å². The summed E-state index contributed by atoms with van der Waals surface area (Å²) >= 11 is 0. The van der Waals surface area contributed by atoms with E-state index in [1.165, 1.54) is 12.8 Å². The monoisotopic (exact) mass is 312 g/mol. The van der Waals surface area contributed by atoms with Crippen LogP contribution < -0.4 is 5.32 Å². The van der Waals surface area contributed by atoms with Gasteiger partial charge in [-0.2, -0.15) is 4.31 Å². The number of nitrogens with zero attached hydrogens (tertiary/aromatic N) is 3. The number of sulfonamides is 1. The zero-order valence-corrected chi connectivity index (χ0v) is 13.3. The van der Waals surface area contributed by atoms with Crippen LogP contribution >= 0.6 is 0 Å². The first-order valence-corrected chi connectivity index (χ1v) is 9.32. The number of piperidine rings is 1. The number of rotatable bonds is 6. The van der Waals surface area contributed by atoms with Crippen LogP contribution in [0.1, 0.15) is 39.0 Å². The Morgan fingerprint density at radius 2 is 2.14 bits per heavy atom. The SMILES string of the molecule is CCn1cnc(S(=O)(=O)N2CCCCC2CNC2CC2)c1. The van der Waals surface area contributed by atoms with Crippen molar-refractivity contribution in [1.29, 1.82) is 0 Å². The Morgan fingerprint density at radius 3 is 2.81 bits per heavy atom. The van der Waals surface area contributed by atoms with Crippen molar-refractivity contribution in [2.45, 2.75) is 62.7 Å². The van der Waals surface area contributed by atoms with Crippen LogP contribution in [0.5, 0.6) is 0 Å². The lowest BCUT2D eigenvalue weighted by Gasteiger charge is -2.34. The third-order valence-electron chi connectivity index (χ3n) is 4.34. The van der Waals surface area contributed by atoms with Crippen molar-refractivity contribution in [2.24, 2.45) is 0 Å². The molecule has 0 spiro atoms. The minimum atomic E-state index is -3.47. The molecule has 1 aliphatic heterocycles. The van der Waals surface area contributed by atoms with Gasteiger partial charge in [-0.05, 0) is 32.6 Å². The van der Waals surface area contributed by atoms with E-state index in [0.717, 1.165) is 32.4 Å². The first-order valence-electron chi connectivity index (χ1n) is 7.88. The average molecular weight is 312 g/mol. The van der Waals surface area contributed by atoms with E-state index in [1.807, 2.05) is 6.92 Å². The summed E-state index contributed by atoms with van der Waals surface area (Å²) < 4.78 is 29.1. The van der Waals surface area contributed by atoms with E-state index in [1.54, 1.807) is 21.4 Å². The summed E-state index contributed by atoms with van der Waals surface area (Å²) in [5.41, 5.74) is 0. The second-order valence-corrected chi connectivity index (χ2v) is 7.83. The Bertz CT molecular complexity index is 580. The zero-order valence-electron chi connectivity index (χ0n) is 12.5. The van der Waals surface area contributed by atoms with E-state index in [9.17, 15) is 8.42 Å². The van der Waals surface area contributed by atoms with E-state index >= 15 is 0 Å². The van der Waals surface area contributed by atoms with Crippen LogP contribution in [0.2, 0.25) is 0 Å². The van der Waals surface area contributed by atoms with Gasteiger partial charge in [0.1, 0.15) is 0 Å². The molecule has 1 N–H and O–H groups in total. The fourth-order valence-corrected chi connectivity index (χ4v) is 4.48. The maximum Gasteiger partial charge on any atom is 0.262 e. The van der Waals surface area contributed by atoms with E-state index < -0.39 is 10.0 Å². The van der Waals surface area contributed by atoms with Gasteiger partial charge in [-0.1, -0.05) is 6.42 Å². The average Bonchev–Trinajstić information content (AvgIpc) is 3.19. The van der Waals surface area contributed by atoms with Crippen molar-refractivity contribution in [1.82, 2.24) is 19.2 Å². The molecule has 3 rings (SSSR count). The van der Waals surface area contributed by atoms with E-state index in [2.05, 4.69) is 10.3 Å². The van der Waals surface area contributed by atoms with Crippen molar-refractivity contribution < 1.29 is 8.42 Å². The molecule has 0 amide bonds. The van der Waals surface area contributed by atoms with Gasteiger partial charge < -0.3 is 9.88 Å². The lowest BCUT2D eigenvalue weighted by Crippen LogP contribution is -2.48. The van der Waals surface area contributed by atoms with Crippen LogP contribution in [0.3, 0.4) is 0 Å². The smallest absolute Gasteiger partial charge is 0.262 e. The van der Waals surface area contributed by atoms with Gasteiger partial charge in [0.05, 0.1) is 6.33 Å². The highest BCUT2D eigenvalue weighted by atomic mass is 32.2. The molecular weight excluding hydrogens is 288 g/mol. The van der Waals surface area contributed by atoms with E-state index in [-0.39, 0.29) is 11.1 Å². The highest BCUT2D eigenvalue weighted by Gasteiger charge is 2.35. The number of hydrogen-bond donors (Lipinski definition) is 1. The number of aromatic nitrogens is 2. The topological polar surface area (TPSA) is 67.2 Å². The minimum absolute atomic E-state index is 0.0659. The van der Waals surface area contributed by atoms with Crippen LogP contribution in [-0.4, -0.2) is 47.4 Å². The number of aryl methyl sites for hydroxylation is 1. The molecule has 21 heavy (non-hydrogen) atoms. The zero-order chi connectivity index (χ0) is 14.9. The van der Waals surface area contributed by atoms with Crippen molar-refractivity contribution in [2.75, 3.05) is 13.1 Å². The van der Waals surface area contributed by atoms with Crippen molar-refractivity contribution in [3.8, 4) is 0 Å². The number of hydrogen-bond acceptors (Lipinski definition) is 4. The van der Waals surface area contributed by atoms with Crippen LogP contribution in [0.4, 0.5) is 0 Å². The molecule has 7 heteroatoms. The Morgan fingerprint density at radius 1 is 1.33 bits per heavy atom. The summed E-state index contributed by atoms with van der Waals surface area (Å²) in [5.74, 6) is 0. The van der Waals surface area contributed by atoms with Gasteiger partial charge in [-0.25, -0.2) is 13.4 Å². The van der Waals surface area contributed by atoms with Crippen molar-refractivity contribution in [3.63, 3.8) is 0 Å². The lowest BCUT2D eigenvalue weighted by molar-refractivity contribution is 0.244. The predicted octanol–water partition coefficient (Wildman–Crippen LogP) is 1.20. The van der Waals surface area contributed by atoms with Gasteiger partial charge in [0, 0.05) is 37.9 Å². The van der Waals surface area contributed by atoms with Gasteiger partial charge in [0.2, 0.25) is 0 Å². The molecule has 2 heterocycles. The van der Waals surface area contributed by atoms with Crippen LogP contribution in [0, 0.1) is 0 Å². The minimum Gasteiger partial charge on any atom is -0.336 e. The molecule has 0 radical (unpaired) electrons. The molecule has 2 fully saturated rings. The molecule has 1 aromatic heterocycles. The number of nitrogens with one attached hydrogen (secondary N) is 1. The van der Waals surface area contributed by atoms with Gasteiger partial charge >= 0.3 is 0 Å². The second kappa shape index (κ2) is 6.06. The Balaban J connectivity index is 1.76. The van der Waals surface area contributed by atoms with Crippen LogP contribution in [0.25, 0.3) is 0 Å². The summed E-state index contributed by atoms with van der Waals surface area (Å²) in [4.78, 5) is 4.09. The van der Waals surface area contributed by atoms with Gasteiger partial charge in [0.15, 0.2) is 5.03 Å². The van der Waals surface area contributed by atoms with Gasteiger partial charge in [-0.3, -0.25) is 0 Å². The molecule has 118 valence electrons. The summed E-state index contributed by atoms with van der Waals surface area (Å²) in [6, 6.07) is 0.673. The number of imidazole rings is 1. The third-order valence-corrected chi connectivity index (χ3v) is 6.18. The first-order chi connectivity index (χ1) is 10.1. The summed E-state index contributed by atoms with van der Waals surface area (Å²) in [5, 5.41) is 3.65. The largest absolute Gasteiger partial charge is 0.336 e. The molecule has 1 unspecified atom stereocenters. The Labute approximate surface area is 126 Å². The lowest BCUT2D eigenvalue weighted by atomic mass is 10.1. The van der Waals surface area contributed by atoms with E-state index in [4.69, 9.17) is 0 Å². The fraction of sp³-hybridized carbons (Fsp3) is 0.786. The third kappa shape index (κ3) is 3.30. The normalized spacial score (nSPS) is 24.3. The second-order valence-electron chi connectivity index (χ2n) is 5.99. The molecule has 1 saturated carbocycles.